The van der Waals surface area contributed by atoms with E-state index >= 15 is 0 Å². The van der Waals surface area contributed by atoms with Gasteiger partial charge in [-0.2, -0.15) is 0 Å². The van der Waals surface area contributed by atoms with Crippen LogP contribution in [0, 0.1) is 5.92 Å². The topological polar surface area (TPSA) is 156 Å². The van der Waals surface area contributed by atoms with E-state index in [0.29, 0.717) is 0 Å². The minimum Gasteiger partial charge on any atom is -0.481 e. The van der Waals surface area contributed by atoms with Gasteiger partial charge in [0.05, 0.1) is 6.42 Å². The lowest BCUT2D eigenvalue weighted by Crippen LogP contribution is -2.15. The third-order valence-corrected chi connectivity index (χ3v) is 1.91. The quantitative estimate of drug-likeness (QED) is 0.258. The van der Waals surface area contributed by atoms with Gasteiger partial charge in [-0.15, -0.1) is 0 Å². The van der Waals surface area contributed by atoms with Crippen LogP contribution in [0.3, 0.4) is 0 Å². The van der Waals surface area contributed by atoms with Crippen molar-refractivity contribution in [3.63, 3.8) is 0 Å². The molecule has 0 rings (SSSR count). The number of hydrogen-bond acceptors (Lipinski definition) is 6. The van der Waals surface area contributed by atoms with Crippen LogP contribution in [-0.2, 0) is 9.59 Å². The molecule has 0 aromatic rings. The first-order valence-corrected chi connectivity index (χ1v) is 6.30. The molecule has 0 amide bonds. The van der Waals surface area contributed by atoms with Crippen molar-refractivity contribution >= 4 is 11.9 Å². The smallest absolute Gasteiger partial charge is 0.330 e. The predicted octanol–water partition coefficient (Wildman–Crippen LogP) is -0.540. The number of carbonyl (C=O) groups is 2. The predicted molar refractivity (Wildman–Crippen MR) is 75.8 cm³/mol. The molecule has 0 spiro atoms. The second-order valence-electron chi connectivity index (χ2n) is 4.07. The Bertz CT molecular complexity index is 257. The first-order valence-electron chi connectivity index (χ1n) is 6.30. The molecule has 0 aliphatic rings. The van der Waals surface area contributed by atoms with Gasteiger partial charge in [-0.1, -0.05) is 6.58 Å². The number of carboxylic acid groups (broad SMARTS) is 2. The summed E-state index contributed by atoms with van der Waals surface area (Å²) in [4.78, 5) is 19.5. The van der Waals surface area contributed by atoms with Gasteiger partial charge in [-0.25, -0.2) is 4.79 Å². The molecule has 0 aliphatic heterocycles. The lowest BCUT2D eigenvalue weighted by atomic mass is 10.1. The van der Waals surface area contributed by atoms with Crippen LogP contribution < -0.4 is 0 Å². The Morgan fingerprint density at radius 1 is 0.952 bits per heavy atom. The molecule has 0 aromatic carbocycles. The molecule has 8 nitrogen and oxygen atoms in total. The zero-order valence-corrected chi connectivity index (χ0v) is 12.2. The number of aliphatic hydroxyl groups is 4. The summed E-state index contributed by atoms with van der Waals surface area (Å²) in [7, 11) is 0. The lowest BCUT2D eigenvalue weighted by Gasteiger charge is -2.04. The van der Waals surface area contributed by atoms with Gasteiger partial charge < -0.3 is 30.6 Å². The molecule has 8 heteroatoms. The summed E-state index contributed by atoms with van der Waals surface area (Å²) >= 11 is 0. The van der Waals surface area contributed by atoms with Crippen molar-refractivity contribution < 1.29 is 40.2 Å². The molecule has 126 valence electrons. The lowest BCUT2D eigenvalue weighted by molar-refractivity contribution is -0.139. The maximum absolute atomic E-state index is 9.91. The third-order valence-electron chi connectivity index (χ3n) is 1.91. The van der Waals surface area contributed by atoms with E-state index in [1.807, 2.05) is 0 Å². The van der Waals surface area contributed by atoms with Gasteiger partial charge in [-0.3, -0.25) is 4.79 Å². The normalized spacial score (nSPS) is 9.05. The Morgan fingerprint density at radius 2 is 1.29 bits per heavy atom. The fourth-order valence-electron chi connectivity index (χ4n) is 0.657. The number of aliphatic hydroxyl groups excluding tert-OH is 4. The molecule has 6 N–H and O–H groups in total. The Balaban J connectivity index is -0.000000240. The van der Waals surface area contributed by atoms with E-state index in [1.54, 1.807) is 0 Å². The fourth-order valence-corrected chi connectivity index (χ4v) is 0.657. The van der Waals surface area contributed by atoms with E-state index in [0.717, 1.165) is 12.8 Å². The van der Waals surface area contributed by atoms with Crippen LogP contribution in [0.4, 0.5) is 0 Å². The molecule has 0 atom stereocenters. The average molecular weight is 310 g/mol. The zero-order valence-electron chi connectivity index (χ0n) is 12.2. The second-order valence-corrected chi connectivity index (χ2v) is 4.07. The van der Waals surface area contributed by atoms with Gasteiger partial charge in [0.25, 0.3) is 0 Å². The SMILES string of the molecule is C=C(C)C(=O)O.O=C(O)CC(CO)CO.OCCCCO. The van der Waals surface area contributed by atoms with Crippen molar-refractivity contribution in [3.05, 3.63) is 12.2 Å². The molecule has 0 aromatic heterocycles. The van der Waals surface area contributed by atoms with E-state index in [4.69, 9.17) is 30.6 Å². The van der Waals surface area contributed by atoms with Gasteiger partial charge in [0, 0.05) is 37.9 Å². The first-order chi connectivity index (χ1) is 9.76. The van der Waals surface area contributed by atoms with Crippen LogP contribution >= 0.6 is 0 Å². The van der Waals surface area contributed by atoms with Crippen molar-refractivity contribution in [2.75, 3.05) is 26.4 Å². The van der Waals surface area contributed by atoms with E-state index in [1.165, 1.54) is 6.92 Å². The molecule has 0 saturated carbocycles. The van der Waals surface area contributed by atoms with Gasteiger partial charge in [-0.05, 0) is 19.8 Å². The van der Waals surface area contributed by atoms with Crippen LogP contribution in [0.15, 0.2) is 12.2 Å². The number of carboxylic acids is 2. The fraction of sp³-hybridized carbons (Fsp3) is 0.692. The van der Waals surface area contributed by atoms with E-state index in [9.17, 15) is 9.59 Å². The molecular weight excluding hydrogens is 284 g/mol. The largest absolute Gasteiger partial charge is 0.481 e. The van der Waals surface area contributed by atoms with Crippen LogP contribution in [0.25, 0.3) is 0 Å². The highest BCUT2D eigenvalue weighted by Crippen LogP contribution is 1.98. The molecule has 0 heterocycles. The molecule has 0 saturated heterocycles. The van der Waals surface area contributed by atoms with Crippen LogP contribution in [-0.4, -0.2) is 69.0 Å². The molecule has 0 bridgehead atoms. The summed E-state index contributed by atoms with van der Waals surface area (Å²) in [5.41, 5.74) is 0.176. The maximum atomic E-state index is 9.91. The molecule has 0 unspecified atom stereocenters. The average Bonchev–Trinajstić information content (AvgIpc) is 2.43. The first kappa shape index (κ1) is 24.5. The maximum Gasteiger partial charge on any atom is 0.330 e. The van der Waals surface area contributed by atoms with E-state index in [2.05, 4.69) is 6.58 Å². The van der Waals surface area contributed by atoms with Crippen molar-refractivity contribution in [2.24, 2.45) is 5.92 Å². The van der Waals surface area contributed by atoms with Gasteiger partial charge in [0.15, 0.2) is 0 Å². The van der Waals surface area contributed by atoms with Crippen LogP contribution in [0.5, 0.6) is 0 Å². The van der Waals surface area contributed by atoms with Crippen molar-refractivity contribution in [1.29, 1.82) is 0 Å². The molecular formula is C13H26O8. The zero-order chi connectivity index (χ0) is 17.3. The second kappa shape index (κ2) is 18.5. The monoisotopic (exact) mass is 310 g/mol. The third kappa shape index (κ3) is 27.7. The van der Waals surface area contributed by atoms with Crippen LogP contribution in [0.2, 0.25) is 0 Å². The number of rotatable bonds is 8. The van der Waals surface area contributed by atoms with Gasteiger partial charge >= 0.3 is 11.9 Å². The molecule has 21 heavy (non-hydrogen) atoms. The number of aliphatic carboxylic acids is 2. The van der Waals surface area contributed by atoms with Crippen molar-refractivity contribution in [3.8, 4) is 0 Å². The summed E-state index contributed by atoms with van der Waals surface area (Å²) < 4.78 is 0. The highest BCUT2D eigenvalue weighted by atomic mass is 16.4. The highest BCUT2D eigenvalue weighted by molar-refractivity contribution is 5.84. The Kier molecular flexibility index (Phi) is 21.6. The Morgan fingerprint density at radius 3 is 1.38 bits per heavy atom. The standard InChI is InChI=1S/C5H10O4.C4H6O2.C4H10O2/c6-2-4(3-7)1-5(8)9;1-3(2)4(5)6;5-3-1-2-4-6/h4,6-7H,1-3H2,(H,8,9);1H2,2H3,(H,5,6);5-6H,1-4H2. The number of unbranched alkanes of at least 4 members (excludes halogenated alkanes) is 1. The molecule has 0 radical (unpaired) electrons. The van der Waals surface area contributed by atoms with Gasteiger partial charge in [0.1, 0.15) is 0 Å². The number of hydrogen-bond donors (Lipinski definition) is 6. The van der Waals surface area contributed by atoms with Gasteiger partial charge in [0.2, 0.25) is 0 Å². The highest BCUT2D eigenvalue weighted by Gasteiger charge is 2.09. The Hall–Kier alpha value is -1.48. The summed E-state index contributed by atoms with van der Waals surface area (Å²) in [5, 5.41) is 48.9. The summed E-state index contributed by atoms with van der Waals surface area (Å²) in [6.45, 7) is 4.44. The minimum atomic E-state index is -0.997. The minimum absolute atomic E-state index is 0.174. The summed E-state index contributed by atoms with van der Waals surface area (Å²) in [5.74, 6) is -2.44. The van der Waals surface area contributed by atoms with E-state index in [-0.39, 0.29) is 38.4 Å². The Labute approximate surface area is 124 Å². The van der Waals surface area contributed by atoms with E-state index < -0.39 is 17.9 Å². The van der Waals surface area contributed by atoms with Crippen molar-refractivity contribution in [1.82, 2.24) is 0 Å². The molecule has 0 fully saturated rings. The molecule has 0 aliphatic carbocycles. The summed E-state index contributed by atoms with van der Waals surface area (Å²) in [6.07, 6.45) is 1.26. The van der Waals surface area contributed by atoms with Crippen LogP contribution in [0.1, 0.15) is 26.2 Å². The summed E-state index contributed by atoms with van der Waals surface area (Å²) in [6, 6.07) is 0. The van der Waals surface area contributed by atoms with Crippen molar-refractivity contribution in [2.45, 2.75) is 26.2 Å².